The molecule has 1 atom stereocenters. The Bertz CT molecular complexity index is 433. The van der Waals surface area contributed by atoms with Crippen LogP contribution in [0.1, 0.15) is 0 Å². The number of alkyl halides is 4. The van der Waals surface area contributed by atoms with Crippen LogP contribution >= 0.6 is 0 Å². The summed E-state index contributed by atoms with van der Waals surface area (Å²) in [5.41, 5.74) is -0.512. The third-order valence-corrected chi connectivity index (χ3v) is 1.76. The minimum atomic E-state index is -5.32. The zero-order chi connectivity index (χ0) is 13.2. The fraction of sp³-hybridized carbons (Fsp3) is 0.222. The first kappa shape index (κ1) is 13.1. The van der Waals surface area contributed by atoms with E-state index in [2.05, 4.69) is 0 Å². The smallest absolute Gasteiger partial charge is 0.428 e. The predicted molar refractivity (Wildman–Crippen MR) is 49.4 cm³/mol. The van der Waals surface area contributed by atoms with Crippen LogP contribution in [0, 0.1) is 0 Å². The van der Waals surface area contributed by atoms with Crippen LogP contribution in [0.4, 0.5) is 23.2 Å². The van der Waals surface area contributed by atoms with Crippen LogP contribution in [0.15, 0.2) is 18.2 Å². The number of carbonyl (C=O) groups is 1. The summed E-state index contributed by atoms with van der Waals surface area (Å²) in [5.74, 6) is -2.97. The average Bonchev–Trinajstić information content (AvgIpc) is 2.21. The van der Waals surface area contributed by atoms with Gasteiger partial charge in [-0.15, -0.1) is 0 Å². The summed E-state index contributed by atoms with van der Waals surface area (Å²) in [5, 5.41) is 19.6. The Labute approximate surface area is 92.5 Å². The molecule has 0 aliphatic rings. The van der Waals surface area contributed by atoms with Gasteiger partial charge in [0, 0.05) is 6.07 Å². The summed E-state index contributed by atoms with van der Waals surface area (Å²) in [6, 6.07) is 2.77. The number of phenolic OH excluding ortho intramolecular Hbond substituents is 2. The van der Waals surface area contributed by atoms with Crippen molar-refractivity contribution < 1.29 is 32.6 Å². The number of hydrogen-bond donors (Lipinski definition) is 3. The highest BCUT2D eigenvalue weighted by Crippen LogP contribution is 2.29. The van der Waals surface area contributed by atoms with Crippen molar-refractivity contribution in [2.24, 2.45) is 0 Å². The molecule has 1 rings (SSSR count). The van der Waals surface area contributed by atoms with Crippen molar-refractivity contribution in [1.29, 1.82) is 0 Å². The van der Waals surface area contributed by atoms with Crippen molar-refractivity contribution in [2.45, 2.75) is 12.3 Å². The average molecular weight is 253 g/mol. The predicted octanol–water partition coefficient (Wildman–Crippen LogP) is 1.94. The van der Waals surface area contributed by atoms with Crippen molar-refractivity contribution in [2.75, 3.05) is 5.32 Å². The van der Waals surface area contributed by atoms with Crippen LogP contribution in [-0.2, 0) is 4.79 Å². The number of aromatic hydroxyl groups is 2. The molecular weight excluding hydrogens is 246 g/mol. The number of hydrogen-bond acceptors (Lipinski definition) is 3. The van der Waals surface area contributed by atoms with E-state index in [1.165, 1.54) is 5.32 Å². The first-order chi connectivity index (χ1) is 7.71. The lowest BCUT2D eigenvalue weighted by atomic mass is 10.2. The van der Waals surface area contributed by atoms with Crippen molar-refractivity contribution in [3.63, 3.8) is 0 Å². The van der Waals surface area contributed by atoms with Crippen molar-refractivity contribution in [3.05, 3.63) is 18.2 Å². The maximum Gasteiger partial charge on any atom is 0.428 e. The molecule has 94 valence electrons. The fourth-order valence-electron chi connectivity index (χ4n) is 0.969. The lowest BCUT2D eigenvalue weighted by Crippen LogP contribution is -2.36. The van der Waals surface area contributed by atoms with E-state index in [0.29, 0.717) is 0 Å². The molecule has 17 heavy (non-hydrogen) atoms. The van der Waals surface area contributed by atoms with Crippen LogP contribution < -0.4 is 5.32 Å². The molecule has 1 aromatic carbocycles. The second kappa shape index (κ2) is 4.48. The van der Waals surface area contributed by atoms with E-state index in [1.807, 2.05) is 0 Å². The Kier molecular flexibility index (Phi) is 3.45. The maximum atomic E-state index is 12.5. The lowest BCUT2D eigenvalue weighted by molar-refractivity contribution is -0.183. The van der Waals surface area contributed by atoms with Gasteiger partial charge in [-0.2, -0.15) is 13.2 Å². The molecular formula is C9H7F4NO3. The minimum Gasteiger partial charge on any atom is -0.508 e. The van der Waals surface area contributed by atoms with Gasteiger partial charge in [-0.05, 0) is 12.1 Å². The molecule has 1 amide bonds. The second-order valence-corrected chi connectivity index (χ2v) is 3.09. The molecule has 1 aromatic rings. The van der Waals surface area contributed by atoms with Gasteiger partial charge in [0.2, 0.25) is 0 Å². The lowest BCUT2D eigenvalue weighted by Gasteiger charge is -2.13. The molecule has 0 aromatic heterocycles. The van der Waals surface area contributed by atoms with Crippen LogP contribution in [0.3, 0.4) is 0 Å². The van der Waals surface area contributed by atoms with Gasteiger partial charge in [0.25, 0.3) is 12.1 Å². The summed E-state index contributed by atoms with van der Waals surface area (Å²) in [6.07, 6.45) is -9.03. The molecule has 0 saturated carbocycles. The largest absolute Gasteiger partial charge is 0.508 e. The van der Waals surface area contributed by atoms with E-state index >= 15 is 0 Å². The highest BCUT2D eigenvalue weighted by molar-refractivity contribution is 5.96. The van der Waals surface area contributed by atoms with Gasteiger partial charge in [0.15, 0.2) is 0 Å². The topological polar surface area (TPSA) is 69.6 Å². The normalized spacial score (nSPS) is 13.2. The van der Waals surface area contributed by atoms with E-state index in [9.17, 15) is 22.4 Å². The molecule has 8 heteroatoms. The number of carbonyl (C=O) groups excluding carboxylic acids is 1. The Morgan fingerprint density at radius 2 is 1.88 bits per heavy atom. The highest BCUT2D eigenvalue weighted by Gasteiger charge is 2.45. The van der Waals surface area contributed by atoms with E-state index in [4.69, 9.17) is 10.2 Å². The number of rotatable bonds is 2. The monoisotopic (exact) mass is 253 g/mol. The van der Waals surface area contributed by atoms with Gasteiger partial charge >= 0.3 is 6.18 Å². The third kappa shape index (κ3) is 3.23. The summed E-state index contributed by atoms with van der Waals surface area (Å²) in [7, 11) is 0. The summed E-state index contributed by atoms with van der Waals surface area (Å²) < 4.78 is 48.0. The number of anilines is 1. The molecule has 0 aliphatic heterocycles. The number of benzene rings is 1. The van der Waals surface area contributed by atoms with Crippen LogP contribution in [0.2, 0.25) is 0 Å². The van der Waals surface area contributed by atoms with Crippen LogP contribution in [0.5, 0.6) is 11.5 Å². The Balaban J connectivity index is 2.85. The molecule has 3 N–H and O–H groups in total. The number of nitrogens with one attached hydrogen (secondary N) is 1. The van der Waals surface area contributed by atoms with Crippen molar-refractivity contribution in [3.8, 4) is 11.5 Å². The summed E-state index contributed by atoms with van der Waals surface area (Å²) >= 11 is 0. The zero-order valence-corrected chi connectivity index (χ0v) is 8.12. The van der Waals surface area contributed by atoms with Gasteiger partial charge in [-0.3, -0.25) is 4.79 Å². The molecule has 4 nitrogen and oxygen atoms in total. The molecule has 0 bridgehead atoms. The molecule has 1 unspecified atom stereocenters. The van der Waals surface area contributed by atoms with Crippen molar-refractivity contribution >= 4 is 11.6 Å². The van der Waals surface area contributed by atoms with Crippen LogP contribution in [-0.4, -0.2) is 28.5 Å². The van der Waals surface area contributed by atoms with Crippen molar-refractivity contribution in [1.82, 2.24) is 0 Å². The quantitative estimate of drug-likeness (QED) is 0.428. The number of amides is 1. The number of halogens is 4. The van der Waals surface area contributed by atoms with E-state index < -0.39 is 35.4 Å². The Morgan fingerprint density at radius 3 is 2.41 bits per heavy atom. The van der Waals surface area contributed by atoms with Crippen LogP contribution in [0.25, 0.3) is 0 Å². The summed E-state index contributed by atoms with van der Waals surface area (Å²) in [4.78, 5) is 10.8. The van der Waals surface area contributed by atoms with Gasteiger partial charge in [0.05, 0.1) is 5.69 Å². The molecule has 0 aliphatic carbocycles. The molecule has 0 heterocycles. The Hall–Kier alpha value is -1.99. The third-order valence-electron chi connectivity index (χ3n) is 1.76. The van der Waals surface area contributed by atoms with Gasteiger partial charge in [-0.1, -0.05) is 0 Å². The zero-order valence-electron chi connectivity index (χ0n) is 8.12. The van der Waals surface area contributed by atoms with Gasteiger partial charge in [0.1, 0.15) is 11.5 Å². The minimum absolute atomic E-state index is 0.402. The van der Waals surface area contributed by atoms with Gasteiger partial charge in [-0.25, -0.2) is 4.39 Å². The number of phenols is 2. The van der Waals surface area contributed by atoms with E-state index in [-0.39, 0.29) is 0 Å². The first-order valence-electron chi connectivity index (χ1n) is 4.25. The second-order valence-electron chi connectivity index (χ2n) is 3.09. The van der Waals surface area contributed by atoms with E-state index in [0.717, 1.165) is 18.2 Å². The molecule has 0 spiro atoms. The highest BCUT2D eigenvalue weighted by atomic mass is 19.4. The molecule has 0 fully saturated rings. The summed E-state index contributed by atoms with van der Waals surface area (Å²) in [6.45, 7) is 0. The maximum absolute atomic E-state index is 12.5. The SMILES string of the molecule is O=C(Nc1cc(O)ccc1O)C(F)C(F)(F)F. The van der Waals surface area contributed by atoms with E-state index in [1.54, 1.807) is 0 Å². The standard InChI is InChI=1S/C9H7F4NO3/c10-7(9(11,12)13)8(17)14-5-3-4(15)1-2-6(5)16/h1-3,7,15-16H,(H,14,17). The molecule has 0 radical (unpaired) electrons. The fourth-order valence-corrected chi connectivity index (χ4v) is 0.969. The Morgan fingerprint density at radius 1 is 1.29 bits per heavy atom. The first-order valence-corrected chi connectivity index (χ1v) is 4.25. The van der Waals surface area contributed by atoms with Gasteiger partial charge < -0.3 is 15.5 Å². The molecule has 0 saturated heterocycles.